The highest BCUT2D eigenvalue weighted by molar-refractivity contribution is 5.78. The van der Waals surface area contributed by atoms with E-state index in [1.807, 2.05) is 0 Å². The summed E-state index contributed by atoms with van der Waals surface area (Å²) in [7, 11) is 0. The summed E-state index contributed by atoms with van der Waals surface area (Å²) in [5.41, 5.74) is -0.680. The van der Waals surface area contributed by atoms with E-state index < -0.39 is 17.2 Å². The third kappa shape index (κ3) is 4.01. The van der Waals surface area contributed by atoms with Crippen LogP contribution in [-0.4, -0.2) is 27.9 Å². The third-order valence-corrected chi connectivity index (χ3v) is 2.47. The lowest BCUT2D eigenvalue weighted by Gasteiger charge is -2.28. The molecule has 1 aromatic rings. The molecule has 1 atom stereocenters. The first-order valence-electron chi connectivity index (χ1n) is 5.92. The van der Waals surface area contributed by atoms with E-state index in [4.69, 9.17) is 4.74 Å². The van der Waals surface area contributed by atoms with Crippen molar-refractivity contribution in [1.82, 2.24) is 15.3 Å². The molecule has 0 fully saturated rings. The van der Waals surface area contributed by atoms with Gasteiger partial charge in [0.15, 0.2) is 0 Å². The molecule has 1 aromatic heterocycles. The van der Waals surface area contributed by atoms with Crippen LogP contribution >= 0.6 is 0 Å². The number of ether oxygens (including phenoxy) is 1. The van der Waals surface area contributed by atoms with Crippen LogP contribution in [-0.2, 0) is 15.1 Å². The Morgan fingerprint density at radius 2 is 2.00 bits per heavy atom. The summed E-state index contributed by atoms with van der Waals surface area (Å²) in [5, 5.41) is 2.55. The number of rotatable bonds is 3. The number of amides is 1. The van der Waals surface area contributed by atoms with Gasteiger partial charge in [-0.25, -0.2) is 14.8 Å². The van der Waals surface area contributed by atoms with Crippen molar-refractivity contribution < 1.29 is 14.3 Å². The monoisotopic (exact) mass is 265 g/mol. The Hall–Kier alpha value is -1.98. The standard InChI is InChI=1S/C13H19N3O3/c1-9-10(6-14-8-15-9)13(5,7-17)16-11(18)19-12(2,3)4/h6-8H,1-5H3,(H,16,18). The van der Waals surface area contributed by atoms with E-state index in [1.54, 1.807) is 34.6 Å². The number of carbonyl (C=O) groups is 2. The van der Waals surface area contributed by atoms with Crippen molar-refractivity contribution in [2.75, 3.05) is 0 Å². The molecule has 104 valence electrons. The summed E-state index contributed by atoms with van der Waals surface area (Å²) < 4.78 is 5.15. The molecule has 0 bridgehead atoms. The van der Waals surface area contributed by atoms with E-state index in [1.165, 1.54) is 12.5 Å². The van der Waals surface area contributed by atoms with Crippen molar-refractivity contribution in [2.45, 2.75) is 45.8 Å². The number of carbonyl (C=O) groups excluding carboxylic acids is 2. The second-order valence-electron chi connectivity index (χ2n) is 5.47. The molecule has 6 nitrogen and oxygen atoms in total. The van der Waals surface area contributed by atoms with Crippen molar-refractivity contribution >= 4 is 12.4 Å². The molecule has 19 heavy (non-hydrogen) atoms. The lowest BCUT2D eigenvalue weighted by molar-refractivity contribution is -0.113. The first-order valence-corrected chi connectivity index (χ1v) is 5.92. The Kier molecular flexibility index (Phi) is 4.24. The molecule has 0 saturated heterocycles. The van der Waals surface area contributed by atoms with Gasteiger partial charge >= 0.3 is 6.09 Å². The third-order valence-electron chi connectivity index (χ3n) is 2.47. The Morgan fingerprint density at radius 1 is 1.37 bits per heavy atom. The Bertz CT molecular complexity index is 482. The largest absolute Gasteiger partial charge is 0.444 e. The maximum atomic E-state index is 11.8. The number of nitrogens with one attached hydrogen (secondary N) is 1. The number of hydrogen-bond acceptors (Lipinski definition) is 5. The van der Waals surface area contributed by atoms with E-state index >= 15 is 0 Å². The summed E-state index contributed by atoms with van der Waals surface area (Å²) >= 11 is 0. The van der Waals surface area contributed by atoms with Gasteiger partial charge in [0.25, 0.3) is 0 Å². The predicted molar refractivity (Wildman–Crippen MR) is 69.6 cm³/mol. The van der Waals surface area contributed by atoms with Crippen molar-refractivity contribution in [3.63, 3.8) is 0 Å². The Balaban J connectivity index is 2.97. The fourth-order valence-electron chi connectivity index (χ4n) is 1.58. The summed E-state index contributed by atoms with van der Waals surface area (Å²) in [4.78, 5) is 31.0. The molecule has 6 heteroatoms. The molecule has 0 aliphatic carbocycles. The normalized spacial score (nSPS) is 14.4. The van der Waals surface area contributed by atoms with Crippen molar-refractivity contribution in [3.05, 3.63) is 23.8 Å². The van der Waals surface area contributed by atoms with Gasteiger partial charge in [0, 0.05) is 17.5 Å². The SMILES string of the molecule is Cc1ncncc1C(C)(C=O)NC(=O)OC(C)(C)C. The van der Waals surface area contributed by atoms with Crippen LogP contribution in [0.2, 0.25) is 0 Å². The highest BCUT2D eigenvalue weighted by Gasteiger charge is 2.32. The minimum Gasteiger partial charge on any atom is -0.444 e. The van der Waals surface area contributed by atoms with Crippen molar-refractivity contribution in [3.8, 4) is 0 Å². The summed E-state index contributed by atoms with van der Waals surface area (Å²) in [5.74, 6) is 0. The van der Waals surface area contributed by atoms with Crippen LogP contribution in [0.4, 0.5) is 4.79 Å². The highest BCUT2D eigenvalue weighted by atomic mass is 16.6. The van der Waals surface area contributed by atoms with E-state index in [-0.39, 0.29) is 0 Å². The van der Waals surface area contributed by atoms with Gasteiger partial charge in [-0.1, -0.05) is 0 Å². The summed E-state index contributed by atoms with van der Waals surface area (Å²) in [6.45, 7) is 8.58. The maximum Gasteiger partial charge on any atom is 0.408 e. The second-order valence-corrected chi connectivity index (χ2v) is 5.47. The molecule has 0 spiro atoms. The number of aldehydes is 1. The van der Waals surface area contributed by atoms with Crippen LogP contribution in [0.1, 0.15) is 39.0 Å². The van der Waals surface area contributed by atoms with Crippen LogP contribution in [0.5, 0.6) is 0 Å². The summed E-state index contributed by atoms with van der Waals surface area (Å²) in [6, 6.07) is 0. The molecule has 0 radical (unpaired) electrons. The summed E-state index contributed by atoms with van der Waals surface area (Å²) in [6.07, 6.45) is 2.87. The lowest BCUT2D eigenvalue weighted by atomic mass is 9.94. The Labute approximate surface area is 112 Å². The lowest BCUT2D eigenvalue weighted by Crippen LogP contribution is -2.47. The average Bonchev–Trinajstić information content (AvgIpc) is 2.26. The molecule has 0 aliphatic heterocycles. The molecule has 0 saturated carbocycles. The first-order chi connectivity index (χ1) is 8.68. The van der Waals surface area contributed by atoms with Gasteiger partial charge in [0.05, 0.1) is 0 Å². The second kappa shape index (κ2) is 5.34. The Morgan fingerprint density at radius 3 is 2.47 bits per heavy atom. The zero-order chi connectivity index (χ0) is 14.7. The average molecular weight is 265 g/mol. The van der Waals surface area contributed by atoms with Crippen LogP contribution in [0.25, 0.3) is 0 Å². The van der Waals surface area contributed by atoms with Gasteiger partial charge in [-0.3, -0.25) is 0 Å². The van der Waals surface area contributed by atoms with E-state index in [0.29, 0.717) is 17.5 Å². The molecule has 0 aromatic carbocycles. The molecule has 1 unspecified atom stereocenters. The van der Waals surface area contributed by atoms with Crippen molar-refractivity contribution in [2.24, 2.45) is 0 Å². The fraction of sp³-hybridized carbons (Fsp3) is 0.538. The highest BCUT2D eigenvalue weighted by Crippen LogP contribution is 2.20. The maximum absolute atomic E-state index is 11.8. The molecular formula is C13H19N3O3. The number of aromatic nitrogens is 2. The van der Waals surface area contributed by atoms with Gasteiger partial charge in [-0.05, 0) is 34.6 Å². The molecule has 1 N–H and O–H groups in total. The van der Waals surface area contributed by atoms with Crippen LogP contribution in [0, 0.1) is 6.92 Å². The van der Waals surface area contributed by atoms with Crippen LogP contribution in [0.3, 0.4) is 0 Å². The number of alkyl carbamates (subject to hydrolysis) is 1. The fourth-order valence-corrected chi connectivity index (χ4v) is 1.58. The minimum atomic E-state index is -1.21. The zero-order valence-corrected chi connectivity index (χ0v) is 11.9. The molecule has 1 amide bonds. The number of nitrogens with zero attached hydrogens (tertiary/aromatic N) is 2. The van der Waals surface area contributed by atoms with Crippen LogP contribution in [0.15, 0.2) is 12.5 Å². The predicted octanol–water partition coefficient (Wildman–Crippen LogP) is 1.72. The molecule has 0 aliphatic rings. The smallest absolute Gasteiger partial charge is 0.408 e. The first kappa shape index (κ1) is 15.1. The van der Waals surface area contributed by atoms with Crippen molar-refractivity contribution in [1.29, 1.82) is 0 Å². The molecular weight excluding hydrogens is 246 g/mol. The van der Waals surface area contributed by atoms with Crippen LogP contribution < -0.4 is 5.32 Å². The van der Waals surface area contributed by atoms with Gasteiger partial charge in [0.2, 0.25) is 0 Å². The van der Waals surface area contributed by atoms with Gasteiger partial charge in [-0.2, -0.15) is 0 Å². The topological polar surface area (TPSA) is 81.2 Å². The van der Waals surface area contributed by atoms with Gasteiger partial charge < -0.3 is 14.8 Å². The minimum absolute atomic E-state index is 0.538. The van der Waals surface area contributed by atoms with E-state index in [0.717, 1.165) is 0 Å². The molecule has 1 heterocycles. The van der Waals surface area contributed by atoms with E-state index in [9.17, 15) is 9.59 Å². The quantitative estimate of drug-likeness (QED) is 0.842. The number of hydrogen-bond donors (Lipinski definition) is 1. The molecule has 1 rings (SSSR count). The zero-order valence-electron chi connectivity index (χ0n) is 11.9. The van der Waals surface area contributed by atoms with Gasteiger partial charge in [-0.15, -0.1) is 0 Å². The number of aryl methyl sites for hydroxylation is 1. The van der Waals surface area contributed by atoms with Gasteiger partial charge in [0.1, 0.15) is 23.8 Å². The van der Waals surface area contributed by atoms with E-state index in [2.05, 4.69) is 15.3 Å².